The van der Waals surface area contributed by atoms with E-state index in [1.54, 1.807) is 19.5 Å². The Labute approximate surface area is 238 Å². The fourth-order valence-electron chi connectivity index (χ4n) is 7.01. The van der Waals surface area contributed by atoms with Crippen molar-refractivity contribution >= 4 is 28.0 Å². The van der Waals surface area contributed by atoms with E-state index >= 15 is 0 Å². The maximum atomic E-state index is 13.7. The number of carbonyl (C=O) groups is 1. The third kappa shape index (κ3) is 3.86. The van der Waals surface area contributed by atoms with Crippen LogP contribution in [-0.2, 0) is 13.6 Å². The van der Waals surface area contributed by atoms with Crippen molar-refractivity contribution < 1.29 is 9.53 Å². The first-order valence-electron chi connectivity index (χ1n) is 14.5. The van der Waals surface area contributed by atoms with Gasteiger partial charge < -0.3 is 24.5 Å². The molecule has 3 aliphatic rings. The van der Waals surface area contributed by atoms with Crippen molar-refractivity contribution in [2.75, 3.05) is 13.7 Å². The van der Waals surface area contributed by atoms with Crippen molar-refractivity contribution in [1.29, 1.82) is 0 Å². The highest BCUT2D eigenvalue weighted by molar-refractivity contribution is 6.00. The molecule has 2 saturated carbocycles. The maximum absolute atomic E-state index is 13.7. The van der Waals surface area contributed by atoms with E-state index in [4.69, 9.17) is 20.4 Å². The lowest BCUT2D eigenvalue weighted by Crippen LogP contribution is -2.41. The van der Waals surface area contributed by atoms with Gasteiger partial charge in [-0.2, -0.15) is 0 Å². The second-order valence-corrected chi connectivity index (χ2v) is 11.9. The second kappa shape index (κ2) is 9.14. The highest BCUT2D eigenvalue weighted by atomic mass is 16.5. The van der Waals surface area contributed by atoms with E-state index in [0.717, 1.165) is 70.8 Å². The molecule has 3 atom stereocenters. The zero-order chi connectivity index (χ0) is 27.8. The molecular formula is C32H33N7O2. The molecule has 2 bridgehead atoms. The molecule has 1 amide bonds. The number of rotatable bonds is 6. The Morgan fingerprint density at radius 1 is 1.05 bits per heavy atom. The van der Waals surface area contributed by atoms with Crippen LogP contribution in [0.1, 0.15) is 36.0 Å². The Balaban J connectivity index is 1.25. The molecule has 4 aromatic heterocycles. The van der Waals surface area contributed by atoms with E-state index in [-0.39, 0.29) is 18.0 Å². The van der Waals surface area contributed by atoms with E-state index in [1.807, 2.05) is 36.2 Å². The summed E-state index contributed by atoms with van der Waals surface area (Å²) in [5.74, 6) is 2.53. The van der Waals surface area contributed by atoms with Gasteiger partial charge in [0.2, 0.25) is 0 Å². The van der Waals surface area contributed by atoms with Crippen LogP contribution < -0.4 is 10.5 Å². The molecular weight excluding hydrogens is 514 g/mol. The molecule has 0 spiro atoms. The minimum absolute atomic E-state index is 0.00995. The summed E-state index contributed by atoms with van der Waals surface area (Å²) in [4.78, 5) is 30.0. The SMILES string of the molecule is COc1cc(C(=O)N2CC3CCC2C3N)cc2nc(-c3cc4ccc(-c5ccncc5)nc4n3CC3CC3)n(C)c12. The molecule has 2 N–H and O–H groups in total. The summed E-state index contributed by atoms with van der Waals surface area (Å²) in [5.41, 5.74) is 12.6. The molecule has 5 heterocycles. The summed E-state index contributed by atoms with van der Waals surface area (Å²) in [6.45, 7) is 1.63. The standard InChI is InChI=1S/C32H33N7O2/c1-37-29-24(13-22(15-27(29)41-2)32(40)39-17-21-6-8-25(39)28(21)33)36-31(37)26-14-20-5-7-23(19-9-11-34-12-10-19)35-30(20)38(26)16-18-3-4-18/h5,7,9-15,18,21,25,28H,3-4,6,8,16-17,33H2,1-2H3. The summed E-state index contributed by atoms with van der Waals surface area (Å²) in [5, 5.41) is 1.08. The maximum Gasteiger partial charge on any atom is 0.254 e. The molecule has 9 heteroatoms. The van der Waals surface area contributed by atoms with Gasteiger partial charge in [-0.25, -0.2) is 9.97 Å². The Hall–Kier alpha value is -4.24. The molecule has 5 aromatic rings. The fourth-order valence-corrected chi connectivity index (χ4v) is 7.01. The normalized spacial score (nSPS) is 21.8. The molecule has 41 heavy (non-hydrogen) atoms. The summed E-state index contributed by atoms with van der Waals surface area (Å²) in [6.07, 6.45) is 8.14. The van der Waals surface area contributed by atoms with Gasteiger partial charge in [-0.3, -0.25) is 9.78 Å². The number of amides is 1. The number of imidazole rings is 1. The van der Waals surface area contributed by atoms with E-state index in [9.17, 15) is 4.79 Å². The average Bonchev–Trinajstić information content (AvgIpc) is 3.41. The van der Waals surface area contributed by atoms with Gasteiger partial charge in [0, 0.05) is 61.1 Å². The van der Waals surface area contributed by atoms with Gasteiger partial charge in [-0.15, -0.1) is 0 Å². The van der Waals surface area contributed by atoms with Crippen molar-refractivity contribution in [3.8, 4) is 28.5 Å². The van der Waals surface area contributed by atoms with Gasteiger partial charge in [-0.1, -0.05) is 0 Å². The number of carbonyl (C=O) groups excluding carboxylic acids is 1. The number of nitrogens with zero attached hydrogens (tertiary/aromatic N) is 6. The van der Waals surface area contributed by atoms with Gasteiger partial charge in [-0.05, 0) is 80.0 Å². The monoisotopic (exact) mass is 547 g/mol. The number of pyridine rings is 2. The quantitative estimate of drug-likeness (QED) is 0.332. The van der Waals surface area contributed by atoms with Crippen molar-refractivity contribution in [2.45, 2.75) is 44.3 Å². The number of fused-ring (bicyclic) bond motifs is 4. The van der Waals surface area contributed by atoms with Crippen LogP contribution in [0.4, 0.5) is 0 Å². The number of hydrogen-bond acceptors (Lipinski definition) is 6. The van der Waals surface area contributed by atoms with E-state index < -0.39 is 0 Å². The van der Waals surface area contributed by atoms with Gasteiger partial charge in [0.25, 0.3) is 5.91 Å². The molecule has 3 unspecified atom stereocenters. The number of piperidine rings is 1. The van der Waals surface area contributed by atoms with Crippen LogP contribution in [0.15, 0.2) is 54.9 Å². The molecule has 2 aliphatic carbocycles. The first-order chi connectivity index (χ1) is 20.0. The van der Waals surface area contributed by atoms with E-state index in [0.29, 0.717) is 23.1 Å². The molecule has 1 saturated heterocycles. The number of hydrogen-bond donors (Lipinski definition) is 1. The molecule has 1 aliphatic heterocycles. The number of nitrogens with two attached hydrogens (primary N) is 1. The van der Waals surface area contributed by atoms with Crippen LogP contribution in [0.2, 0.25) is 0 Å². The summed E-state index contributed by atoms with van der Waals surface area (Å²) in [7, 11) is 3.67. The molecule has 9 nitrogen and oxygen atoms in total. The predicted octanol–water partition coefficient (Wildman–Crippen LogP) is 4.63. The largest absolute Gasteiger partial charge is 0.494 e. The number of ether oxygens (including phenoxy) is 1. The summed E-state index contributed by atoms with van der Waals surface area (Å²) >= 11 is 0. The number of benzene rings is 1. The Kier molecular flexibility index (Phi) is 5.47. The number of likely N-dealkylation sites (tertiary alicyclic amines) is 1. The van der Waals surface area contributed by atoms with Crippen LogP contribution in [0, 0.1) is 11.8 Å². The lowest BCUT2D eigenvalue weighted by atomic mass is 10.1. The van der Waals surface area contributed by atoms with Crippen LogP contribution in [0.25, 0.3) is 44.8 Å². The first kappa shape index (κ1) is 24.5. The highest BCUT2D eigenvalue weighted by Gasteiger charge is 2.47. The minimum Gasteiger partial charge on any atom is -0.494 e. The van der Waals surface area contributed by atoms with Crippen LogP contribution >= 0.6 is 0 Å². The molecule has 8 rings (SSSR count). The molecule has 0 radical (unpaired) electrons. The number of methoxy groups -OCH3 is 1. The molecule has 208 valence electrons. The predicted molar refractivity (Wildman–Crippen MR) is 157 cm³/mol. The molecule has 3 fully saturated rings. The van der Waals surface area contributed by atoms with Gasteiger partial charge in [0.1, 0.15) is 16.9 Å². The number of aryl methyl sites for hydroxylation is 1. The summed E-state index contributed by atoms with van der Waals surface area (Å²) in [6, 6.07) is 14.3. The van der Waals surface area contributed by atoms with Crippen LogP contribution in [0.5, 0.6) is 5.75 Å². The number of aromatic nitrogens is 5. The Morgan fingerprint density at radius 3 is 2.59 bits per heavy atom. The van der Waals surface area contributed by atoms with Crippen LogP contribution in [-0.4, -0.2) is 60.6 Å². The van der Waals surface area contributed by atoms with E-state index in [1.165, 1.54) is 12.8 Å². The van der Waals surface area contributed by atoms with E-state index in [2.05, 4.69) is 32.3 Å². The third-order valence-electron chi connectivity index (χ3n) is 9.40. The topological polar surface area (TPSA) is 104 Å². The smallest absolute Gasteiger partial charge is 0.254 e. The lowest BCUT2D eigenvalue weighted by Gasteiger charge is -2.27. The molecule has 1 aromatic carbocycles. The second-order valence-electron chi connectivity index (χ2n) is 11.9. The van der Waals surface area contributed by atoms with Gasteiger partial charge in [0.05, 0.1) is 24.0 Å². The van der Waals surface area contributed by atoms with Gasteiger partial charge >= 0.3 is 0 Å². The lowest BCUT2D eigenvalue weighted by molar-refractivity contribution is 0.0700. The third-order valence-corrected chi connectivity index (χ3v) is 9.40. The zero-order valence-corrected chi connectivity index (χ0v) is 23.3. The average molecular weight is 548 g/mol. The van der Waals surface area contributed by atoms with Crippen LogP contribution in [0.3, 0.4) is 0 Å². The highest BCUT2D eigenvalue weighted by Crippen LogP contribution is 2.40. The van der Waals surface area contributed by atoms with Crippen molar-refractivity contribution in [3.63, 3.8) is 0 Å². The fraction of sp³-hybridized carbons (Fsp3) is 0.375. The first-order valence-corrected chi connectivity index (χ1v) is 14.5. The Bertz CT molecular complexity index is 1820. The van der Waals surface area contributed by atoms with Crippen molar-refractivity contribution in [3.05, 3.63) is 60.4 Å². The zero-order valence-electron chi connectivity index (χ0n) is 23.3. The Morgan fingerprint density at radius 2 is 1.88 bits per heavy atom. The minimum atomic E-state index is 0.00995. The van der Waals surface area contributed by atoms with Crippen molar-refractivity contribution in [2.24, 2.45) is 24.6 Å². The summed E-state index contributed by atoms with van der Waals surface area (Å²) < 4.78 is 10.2. The van der Waals surface area contributed by atoms with Gasteiger partial charge in [0.15, 0.2) is 5.82 Å². The van der Waals surface area contributed by atoms with Crippen molar-refractivity contribution in [1.82, 2.24) is 29.0 Å².